The van der Waals surface area contributed by atoms with Crippen LogP contribution in [0.2, 0.25) is 0 Å². The maximum Gasteiger partial charge on any atom is 0.270 e. The van der Waals surface area contributed by atoms with Crippen molar-refractivity contribution in [1.82, 2.24) is 14.9 Å². The van der Waals surface area contributed by atoms with Gasteiger partial charge in [-0.15, -0.1) is 10.2 Å². The number of alkyl halides is 2. The van der Waals surface area contributed by atoms with E-state index in [0.717, 1.165) is 11.3 Å². The number of halogens is 2. The van der Waals surface area contributed by atoms with Gasteiger partial charge in [0.15, 0.2) is 0 Å². The van der Waals surface area contributed by atoms with Gasteiger partial charge in [-0.1, -0.05) is 43.2 Å². The number of nitrogens with one attached hydrogen (secondary N) is 2. The molecule has 2 N–H and O–H groups in total. The van der Waals surface area contributed by atoms with E-state index >= 15 is 0 Å². The van der Waals surface area contributed by atoms with E-state index in [1.165, 1.54) is 6.92 Å². The van der Waals surface area contributed by atoms with Crippen molar-refractivity contribution in [3.8, 4) is 0 Å². The average molecular weight is 436 g/mol. The van der Waals surface area contributed by atoms with Gasteiger partial charge in [-0.05, 0) is 6.92 Å². The van der Waals surface area contributed by atoms with Gasteiger partial charge in [0.2, 0.25) is 15.4 Å². The van der Waals surface area contributed by atoms with E-state index in [-0.39, 0.29) is 15.4 Å². The molecule has 0 saturated heterocycles. The summed E-state index contributed by atoms with van der Waals surface area (Å²) in [7, 11) is -3.77. The Hall–Kier alpha value is -0.100. The van der Waals surface area contributed by atoms with Crippen molar-refractivity contribution >= 4 is 64.3 Å². The summed E-state index contributed by atoms with van der Waals surface area (Å²) in [4.78, 5) is 10.8. The molecule has 0 aliphatic heterocycles. The molecule has 1 aromatic heterocycles. The van der Waals surface area contributed by atoms with Gasteiger partial charge < -0.3 is 5.32 Å². The number of amides is 1. The lowest BCUT2D eigenvalue weighted by atomic mass is 10.1. The Morgan fingerprint density at radius 2 is 1.95 bits per heavy atom. The first-order chi connectivity index (χ1) is 8.72. The van der Waals surface area contributed by atoms with Gasteiger partial charge in [0, 0.05) is 23.1 Å². The van der Waals surface area contributed by atoms with Crippen molar-refractivity contribution in [2.45, 2.75) is 23.7 Å². The highest BCUT2D eigenvalue weighted by Gasteiger charge is 2.31. The van der Waals surface area contributed by atoms with Gasteiger partial charge in [0.1, 0.15) is 0 Å². The molecular formula is C8H12Br2N4O3S2. The number of sulfonamides is 1. The molecule has 0 radical (unpaired) electrons. The summed E-state index contributed by atoms with van der Waals surface area (Å²) < 4.78 is 26.5. The Bertz CT molecular complexity index is 556. The van der Waals surface area contributed by atoms with Crippen LogP contribution >= 0.6 is 43.2 Å². The second-order valence-corrected chi connectivity index (χ2v) is 7.94. The number of hydrogen-bond acceptors (Lipinski definition) is 6. The lowest BCUT2D eigenvalue weighted by Crippen LogP contribution is -2.48. The molecule has 1 rings (SSSR count). The lowest BCUT2D eigenvalue weighted by molar-refractivity contribution is -0.114. The zero-order valence-electron chi connectivity index (χ0n) is 10.1. The Morgan fingerprint density at radius 1 is 1.37 bits per heavy atom. The van der Waals surface area contributed by atoms with Crippen molar-refractivity contribution in [2.75, 3.05) is 16.0 Å². The molecule has 0 atom stereocenters. The van der Waals surface area contributed by atoms with E-state index in [1.807, 2.05) is 0 Å². The molecule has 0 aromatic carbocycles. The second-order valence-electron chi connectivity index (χ2n) is 3.99. The lowest BCUT2D eigenvalue weighted by Gasteiger charge is -2.24. The van der Waals surface area contributed by atoms with E-state index in [4.69, 9.17) is 0 Å². The minimum Gasteiger partial charge on any atom is -0.301 e. The Kier molecular flexibility index (Phi) is 5.86. The molecular weight excluding hydrogens is 424 g/mol. The third-order valence-corrected chi connectivity index (χ3v) is 7.21. The normalized spacial score (nSPS) is 12.4. The molecule has 0 unspecified atom stereocenters. The van der Waals surface area contributed by atoms with Crippen LogP contribution < -0.4 is 10.0 Å². The topological polar surface area (TPSA) is 101 Å². The third-order valence-electron chi connectivity index (χ3n) is 1.89. The fraction of sp³-hybridized carbons (Fsp3) is 0.625. The molecule has 0 bridgehead atoms. The summed E-state index contributed by atoms with van der Waals surface area (Å²) >= 11 is 7.29. The van der Waals surface area contributed by atoms with Crippen LogP contribution in [-0.2, 0) is 14.8 Å². The van der Waals surface area contributed by atoms with Crippen molar-refractivity contribution in [3.63, 3.8) is 0 Å². The maximum absolute atomic E-state index is 12.1. The van der Waals surface area contributed by atoms with Gasteiger partial charge >= 0.3 is 0 Å². The first-order valence-electron chi connectivity index (χ1n) is 4.99. The predicted octanol–water partition coefficient (Wildman–Crippen LogP) is 1.32. The smallest absolute Gasteiger partial charge is 0.270 e. The highest BCUT2D eigenvalue weighted by atomic mass is 79.9. The van der Waals surface area contributed by atoms with Crippen LogP contribution in [0, 0.1) is 0 Å². The van der Waals surface area contributed by atoms with Gasteiger partial charge in [0.25, 0.3) is 10.0 Å². The monoisotopic (exact) mass is 434 g/mol. The summed E-state index contributed by atoms with van der Waals surface area (Å²) in [6.07, 6.45) is 0. The zero-order chi connectivity index (χ0) is 14.7. The van der Waals surface area contributed by atoms with E-state index in [0.29, 0.717) is 10.7 Å². The number of nitrogens with zero attached hydrogens (tertiary/aromatic N) is 2. The molecule has 0 fully saturated rings. The SMILES string of the molecule is CC(=O)Nc1nnc(S(=O)(=O)NC(C)(CBr)CBr)s1. The van der Waals surface area contributed by atoms with Crippen LogP contribution in [0.1, 0.15) is 13.8 Å². The fourth-order valence-corrected chi connectivity index (χ4v) is 4.91. The maximum atomic E-state index is 12.1. The quantitative estimate of drug-likeness (QED) is 0.518. The highest BCUT2D eigenvalue weighted by Crippen LogP contribution is 2.22. The first-order valence-corrected chi connectivity index (χ1v) is 9.54. The largest absolute Gasteiger partial charge is 0.301 e. The molecule has 0 saturated carbocycles. The minimum absolute atomic E-state index is 0.146. The first kappa shape index (κ1) is 17.0. The molecule has 0 aliphatic carbocycles. The summed E-state index contributed by atoms with van der Waals surface area (Å²) in [5.41, 5.74) is -0.682. The summed E-state index contributed by atoms with van der Waals surface area (Å²) in [5, 5.41) is 10.6. The van der Waals surface area contributed by atoms with E-state index < -0.39 is 15.6 Å². The fourth-order valence-electron chi connectivity index (χ4n) is 0.978. The molecule has 0 spiro atoms. The van der Waals surface area contributed by atoms with Crippen LogP contribution in [-0.4, -0.2) is 40.7 Å². The standard InChI is InChI=1S/C8H12Br2N4O3S2/c1-5(15)11-6-12-13-7(18-6)19(16,17)14-8(2,3-9)4-10/h14H,3-4H2,1-2H3,(H,11,12,15). The number of rotatable bonds is 6. The number of anilines is 1. The summed E-state index contributed by atoms with van der Waals surface area (Å²) in [6, 6.07) is 0. The molecule has 0 aliphatic rings. The highest BCUT2D eigenvalue weighted by molar-refractivity contribution is 9.09. The summed E-state index contributed by atoms with van der Waals surface area (Å²) in [5.74, 6) is -0.334. The number of carbonyl (C=O) groups is 1. The van der Waals surface area contributed by atoms with Gasteiger partial charge in [-0.3, -0.25) is 4.79 Å². The van der Waals surface area contributed by atoms with Gasteiger partial charge in [-0.2, -0.15) is 0 Å². The predicted molar refractivity (Wildman–Crippen MR) is 80.5 cm³/mol. The molecule has 7 nitrogen and oxygen atoms in total. The van der Waals surface area contributed by atoms with Crippen LogP contribution in [0.4, 0.5) is 5.13 Å². The molecule has 11 heteroatoms. The Balaban J connectivity index is 2.95. The van der Waals surface area contributed by atoms with Gasteiger partial charge in [-0.25, -0.2) is 13.1 Å². The van der Waals surface area contributed by atoms with E-state index in [2.05, 4.69) is 52.1 Å². The van der Waals surface area contributed by atoms with E-state index in [1.54, 1.807) is 6.92 Å². The van der Waals surface area contributed by atoms with Crippen LogP contribution in [0.5, 0.6) is 0 Å². The number of aromatic nitrogens is 2. The van der Waals surface area contributed by atoms with Crippen molar-refractivity contribution in [2.24, 2.45) is 0 Å². The van der Waals surface area contributed by atoms with Crippen molar-refractivity contribution < 1.29 is 13.2 Å². The average Bonchev–Trinajstić information content (AvgIpc) is 2.76. The minimum atomic E-state index is -3.77. The zero-order valence-corrected chi connectivity index (χ0v) is 14.9. The molecule has 19 heavy (non-hydrogen) atoms. The third kappa shape index (κ3) is 4.74. The molecule has 1 heterocycles. The van der Waals surface area contributed by atoms with Crippen molar-refractivity contribution in [1.29, 1.82) is 0 Å². The Labute approximate surface area is 131 Å². The van der Waals surface area contributed by atoms with Gasteiger partial charge in [0.05, 0.1) is 0 Å². The Morgan fingerprint density at radius 3 is 2.42 bits per heavy atom. The van der Waals surface area contributed by atoms with Crippen molar-refractivity contribution in [3.05, 3.63) is 0 Å². The number of hydrogen-bond donors (Lipinski definition) is 2. The van der Waals surface area contributed by atoms with Crippen LogP contribution in [0.3, 0.4) is 0 Å². The summed E-state index contributed by atoms with van der Waals surface area (Å²) in [6.45, 7) is 3.05. The molecule has 108 valence electrons. The number of carbonyl (C=O) groups excluding carboxylic acids is 1. The molecule has 1 aromatic rings. The van der Waals surface area contributed by atoms with E-state index in [9.17, 15) is 13.2 Å². The second kappa shape index (κ2) is 6.57. The molecule has 1 amide bonds. The van der Waals surface area contributed by atoms with Crippen LogP contribution in [0.15, 0.2) is 4.34 Å². The van der Waals surface area contributed by atoms with Crippen LogP contribution in [0.25, 0.3) is 0 Å².